The highest BCUT2D eigenvalue weighted by molar-refractivity contribution is 8.22. The average Bonchev–Trinajstić information content (AvgIpc) is 2.39. The summed E-state index contributed by atoms with van der Waals surface area (Å²) in [5.41, 5.74) is 1.63. The number of benzene rings is 1. The zero-order chi connectivity index (χ0) is 12.1. The highest BCUT2D eigenvalue weighted by atomic mass is 32.2. The Bertz CT molecular complexity index is 432. The molecule has 1 heterocycles. The van der Waals surface area contributed by atoms with Gasteiger partial charge in [-0.05, 0) is 49.1 Å². The summed E-state index contributed by atoms with van der Waals surface area (Å²) >= 11 is 3.68. The summed E-state index contributed by atoms with van der Waals surface area (Å²) < 4.78 is 13.9. The second kappa shape index (κ2) is 6.21. The van der Waals surface area contributed by atoms with Gasteiger partial charge in [0.05, 0.1) is 15.6 Å². The number of allylic oxidation sites excluding steroid dienone is 1. The van der Waals surface area contributed by atoms with Crippen molar-refractivity contribution in [1.82, 2.24) is 0 Å². The van der Waals surface area contributed by atoms with Gasteiger partial charge in [-0.3, -0.25) is 0 Å². The summed E-state index contributed by atoms with van der Waals surface area (Å²) in [6.45, 7) is 1.97. The average molecular weight is 268 g/mol. The van der Waals surface area contributed by atoms with E-state index in [0.29, 0.717) is 5.69 Å². The second-order valence-corrected chi connectivity index (χ2v) is 6.07. The third-order valence-electron chi connectivity index (χ3n) is 2.19. The molecule has 2 rings (SSSR count). The van der Waals surface area contributed by atoms with Crippen LogP contribution in [0.4, 0.5) is 10.1 Å². The van der Waals surface area contributed by atoms with Gasteiger partial charge in [-0.15, -0.1) is 23.5 Å². The molecule has 1 aromatic rings. The van der Waals surface area contributed by atoms with Gasteiger partial charge in [-0.2, -0.15) is 10.2 Å². The van der Waals surface area contributed by atoms with Gasteiger partial charge >= 0.3 is 0 Å². The molecule has 0 aliphatic carbocycles. The van der Waals surface area contributed by atoms with Crippen LogP contribution in [-0.4, -0.2) is 11.5 Å². The van der Waals surface area contributed by atoms with Gasteiger partial charge in [0.1, 0.15) is 5.82 Å². The maximum atomic E-state index is 12.7. The number of nitrogens with zero attached hydrogens (tertiary/aromatic N) is 2. The van der Waals surface area contributed by atoms with Gasteiger partial charge < -0.3 is 0 Å². The molecule has 1 aliphatic rings. The lowest BCUT2D eigenvalue weighted by Crippen LogP contribution is -1.93. The molecule has 5 heteroatoms. The van der Waals surface area contributed by atoms with E-state index in [1.165, 1.54) is 22.8 Å². The van der Waals surface area contributed by atoms with Crippen molar-refractivity contribution in [2.24, 2.45) is 10.2 Å². The molecule has 2 nitrogen and oxygen atoms in total. The van der Waals surface area contributed by atoms with E-state index in [1.807, 2.05) is 30.4 Å². The number of rotatable bonds is 2. The molecule has 0 bridgehead atoms. The van der Waals surface area contributed by atoms with Crippen LogP contribution in [0.5, 0.6) is 0 Å². The van der Waals surface area contributed by atoms with Gasteiger partial charge in [0, 0.05) is 0 Å². The molecule has 1 aliphatic heterocycles. The summed E-state index contributed by atoms with van der Waals surface area (Å²) in [6.07, 6.45) is 1.25. The minimum absolute atomic E-state index is 0.252. The van der Waals surface area contributed by atoms with Gasteiger partial charge in [-0.25, -0.2) is 4.39 Å². The Morgan fingerprint density at radius 2 is 1.82 bits per heavy atom. The minimum atomic E-state index is -0.252. The molecule has 0 aromatic heterocycles. The topological polar surface area (TPSA) is 24.7 Å². The van der Waals surface area contributed by atoms with Gasteiger partial charge in [-0.1, -0.05) is 0 Å². The fourth-order valence-electron chi connectivity index (χ4n) is 1.32. The first-order valence-electron chi connectivity index (χ1n) is 5.39. The number of halogens is 1. The van der Waals surface area contributed by atoms with Crippen molar-refractivity contribution in [3.05, 3.63) is 40.0 Å². The van der Waals surface area contributed by atoms with Crippen LogP contribution in [0.25, 0.3) is 0 Å². The molecule has 0 spiro atoms. The Morgan fingerprint density at radius 1 is 1.18 bits per heavy atom. The first-order chi connectivity index (χ1) is 8.25. The number of hydrogen-bond acceptors (Lipinski definition) is 4. The number of hydrogen-bond donors (Lipinski definition) is 0. The van der Waals surface area contributed by atoms with Crippen LogP contribution in [0.3, 0.4) is 0 Å². The molecule has 0 atom stereocenters. The van der Waals surface area contributed by atoms with E-state index in [2.05, 4.69) is 10.2 Å². The maximum Gasteiger partial charge on any atom is 0.123 e. The van der Waals surface area contributed by atoms with Crippen molar-refractivity contribution < 1.29 is 4.39 Å². The van der Waals surface area contributed by atoms with Crippen molar-refractivity contribution in [2.75, 3.05) is 11.5 Å². The van der Waals surface area contributed by atoms with Crippen LogP contribution in [0, 0.1) is 5.82 Å². The first-order valence-corrected chi connectivity index (χ1v) is 7.36. The van der Waals surface area contributed by atoms with Crippen molar-refractivity contribution in [1.29, 1.82) is 0 Å². The highest BCUT2D eigenvalue weighted by Gasteiger charge is 2.09. The molecule has 1 aromatic carbocycles. The van der Waals surface area contributed by atoms with Crippen LogP contribution < -0.4 is 0 Å². The predicted octanol–water partition coefficient (Wildman–Crippen LogP) is 4.97. The van der Waals surface area contributed by atoms with E-state index in [9.17, 15) is 4.39 Å². The number of azo groups is 1. The van der Waals surface area contributed by atoms with Gasteiger partial charge in [0.25, 0.3) is 0 Å². The third kappa shape index (κ3) is 3.85. The zero-order valence-corrected chi connectivity index (χ0v) is 11.2. The van der Waals surface area contributed by atoms with E-state index < -0.39 is 0 Å². The Balaban J connectivity index is 2.06. The van der Waals surface area contributed by atoms with E-state index in [0.717, 1.165) is 17.2 Å². The Morgan fingerprint density at radius 3 is 2.47 bits per heavy atom. The van der Waals surface area contributed by atoms with Crippen LogP contribution >= 0.6 is 23.5 Å². The predicted molar refractivity (Wildman–Crippen MR) is 73.1 cm³/mol. The van der Waals surface area contributed by atoms with Crippen molar-refractivity contribution in [3.8, 4) is 0 Å². The highest BCUT2D eigenvalue weighted by Crippen LogP contribution is 2.37. The van der Waals surface area contributed by atoms with Crippen molar-refractivity contribution >= 4 is 29.2 Å². The third-order valence-corrected chi connectivity index (χ3v) is 5.00. The largest absolute Gasteiger partial charge is 0.207 e. The summed E-state index contributed by atoms with van der Waals surface area (Å²) in [6, 6.07) is 6.03. The lowest BCUT2D eigenvalue weighted by Gasteiger charge is -2.13. The standard InChI is InChI=1S/C12H13FN2S2/c1-9(12-16-7-2-8-17-12)14-15-11-5-3-10(13)4-6-11/h3-6H,2,7-8H2,1H3. The lowest BCUT2D eigenvalue weighted by atomic mass is 10.3. The monoisotopic (exact) mass is 268 g/mol. The molecule has 0 amide bonds. The minimum Gasteiger partial charge on any atom is -0.207 e. The van der Waals surface area contributed by atoms with Crippen molar-refractivity contribution in [2.45, 2.75) is 13.3 Å². The Hall–Kier alpha value is -0.810. The van der Waals surface area contributed by atoms with Crippen LogP contribution in [-0.2, 0) is 0 Å². The maximum absolute atomic E-state index is 12.7. The lowest BCUT2D eigenvalue weighted by molar-refractivity contribution is 0.628. The fourth-order valence-corrected chi connectivity index (χ4v) is 3.78. The summed E-state index contributed by atoms with van der Waals surface area (Å²) in [5, 5.41) is 8.28. The number of thioether (sulfide) groups is 2. The molecule has 1 fully saturated rings. The first kappa shape index (κ1) is 12.6. The summed E-state index contributed by atoms with van der Waals surface area (Å²) in [4.78, 5) is 0. The molecule has 17 heavy (non-hydrogen) atoms. The second-order valence-electron chi connectivity index (χ2n) is 3.60. The normalized spacial score (nSPS) is 16.5. The van der Waals surface area contributed by atoms with E-state index in [-0.39, 0.29) is 5.82 Å². The van der Waals surface area contributed by atoms with E-state index in [4.69, 9.17) is 0 Å². The van der Waals surface area contributed by atoms with Crippen LogP contribution in [0.1, 0.15) is 13.3 Å². The van der Waals surface area contributed by atoms with Gasteiger partial charge in [0.15, 0.2) is 0 Å². The Labute approximate surface area is 109 Å². The van der Waals surface area contributed by atoms with Crippen LogP contribution in [0.15, 0.2) is 44.4 Å². The van der Waals surface area contributed by atoms with Crippen LogP contribution in [0.2, 0.25) is 0 Å². The molecule has 0 radical (unpaired) electrons. The molecular formula is C12H13FN2S2. The van der Waals surface area contributed by atoms with E-state index in [1.54, 1.807) is 12.1 Å². The molecule has 90 valence electrons. The molecule has 0 unspecified atom stereocenters. The molecular weight excluding hydrogens is 255 g/mol. The smallest absolute Gasteiger partial charge is 0.123 e. The zero-order valence-electron chi connectivity index (χ0n) is 9.52. The quantitative estimate of drug-likeness (QED) is 0.707. The SMILES string of the molecule is CC(N=Nc1ccc(F)cc1)=C1SCCCS1. The Kier molecular flexibility index (Phi) is 4.62. The van der Waals surface area contributed by atoms with E-state index >= 15 is 0 Å². The van der Waals surface area contributed by atoms with Crippen molar-refractivity contribution in [3.63, 3.8) is 0 Å². The summed E-state index contributed by atoms with van der Waals surface area (Å²) in [7, 11) is 0. The molecule has 1 saturated heterocycles. The summed E-state index contributed by atoms with van der Waals surface area (Å²) in [5.74, 6) is 2.06. The van der Waals surface area contributed by atoms with Gasteiger partial charge in [0.2, 0.25) is 0 Å². The molecule has 0 N–H and O–H groups in total. The fraction of sp³-hybridized carbons (Fsp3) is 0.333. The molecule has 0 saturated carbocycles.